The minimum absolute atomic E-state index is 0.00273. The van der Waals surface area contributed by atoms with Crippen molar-refractivity contribution in [3.05, 3.63) is 40.6 Å². The predicted octanol–water partition coefficient (Wildman–Crippen LogP) is 2.35. The summed E-state index contributed by atoms with van der Waals surface area (Å²) in [4.78, 5) is 16.8. The Balaban J connectivity index is 2.66. The highest BCUT2D eigenvalue weighted by molar-refractivity contribution is 5.97. The summed E-state index contributed by atoms with van der Waals surface area (Å²) in [5.41, 5.74) is 1.22. The molecule has 1 aromatic heterocycles. The summed E-state index contributed by atoms with van der Waals surface area (Å²) in [7, 11) is 0. The number of fused-ring (bicyclic) bond motifs is 1. The Morgan fingerprint density at radius 1 is 1.40 bits per heavy atom. The number of aliphatic hydroxyl groups excluding tert-OH is 1. The maximum absolute atomic E-state index is 11.1. The van der Waals surface area contributed by atoms with Crippen molar-refractivity contribution in [1.29, 1.82) is 0 Å². The van der Waals surface area contributed by atoms with E-state index in [2.05, 4.69) is 4.98 Å². The fraction of sp³-hybridized carbons (Fsp3) is 0.357. The van der Waals surface area contributed by atoms with Gasteiger partial charge in [-0.25, -0.2) is 4.98 Å². The average molecular weight is 275 g/mol. The lowest BCUT2D eigenvalue weighted by molar-refractivity contribution is -0.383. The summed E-state index contributed by atoms with van der Waals surface area (Å²) < 4.78 is 0. The average Bonchev–Trinajstić information content (AvgIpc) is 2.43. The first-order chi connectivity index (χ1) is 9.56. The third-order valence-electron chi connectivity index (χ3n) is 3.20. The third kappa shape index (κ3) is 2.55. The molecule has 0 aliphatic rings. The molecule has 6 nitrogen and oxygen atoms in total. The van der Waals surface area contributed by atoms with Crippen molar-refractivity contribution >= 4 is 22.3 Å². The van der Waals surface area contributed by atoms with Crippen LogP contribution in [-0.4, -0.2) is 34.2 Å². The summed E-state index contributed by atoms with van der Waals surface area (Å²) in [5, 5.41) is 21.0. The Hall–Kier alpha value is -2.21. The number of nitro benzene ring substituents is 1. The molecule has 1 N–H and O–H groups in total. The highest BCUT2D eigenvalue weighted by atomic mass is 16.6. The lowest BCUT2D eigenvalue weighted by Crippen LogP contribution is -2.33. The van der Waals surface area contributed by atoms with Crippen LogP contribution in [0.15, 0.2) is 30.5 Å². The topological polar surface area (TPSA) is 79.5 Å². The summed E-state index contributed by atoms with van der Waals surface area (Å²) in [6.07, 6.45) is 1.55. The van der Waals surface area contributed by atoms with Crippen molar-refractivity contribution in [2.24, 2.45) is 0 Å². The summed E-state index contributed by atoms with van der Waals surface area (Å²) in [6.45, 7) is 4.52. The van der Waals surface area contributed by atoms with Crippen LogP contribution in [0.2, 0.25) is 0 Å². The van der Waals surface area contributed by atoms with Gasteiger partial charge in [0, 0.05) is 35.9 Å². The van der Waals surface area contributed by atoms with Gasteiger partial charge in [-0.2, -0.15) is 0 Å². The highest BCUT2D eigenvalue weighted by Gasteiger charge is 2.19. The van der Waals surface area contributed by atoms with Crippen molar-refractivity contribution in [3.8, 4) is 0 Å². The maximum Gasteiger partial charge on any atom is 0.295 e. The SMILES string of the molecule is CC(C)N(CCO)c1ccc([N+](=O)[O-])c2ncccc12. The number of hydrogen-bond acceptors (Lipinski definition) is 5. The second kappa shape index (κ2) is 5.83. The monoisotopic (exact) mass is 275 g/mol. The summed E-state index contributed by atoms with van der Waals surface area (Å²) >= 11 is 0. The fourth-order valence-electron chi connectivity index (χ4n) is 2.31. The summed E-state index contributed by atoms with van der Waals surface area (Å²) in [6, 6.07) is 6.94. The van der Waals surface area contributed by atoms with Gasteiger partial charge in [0.05, 0.1) is 11.5 Å². The molecule has 0 aliphatic carbocycles. The van der Waals surface area contributed by atoms with Gasteiger partial charge in [-0.1, -0.05) is 0 Å². The van der Waals surface area contributed by atoms with Crippen molar-refractivity contribution in [3.63, 3.8) is 0 Å². The highest BCUT2D eigenvalue weighted by Crippen LogP contribution is 2.32. The van der Waals surface area contributed by atoms with Crippen molar-refractivity contribution < 1.29 is 10.0 Å². The molecule has 1 heterocycles. The second-order valence-corrected chi connectivity index (χ2v) is 4.77. The molecule has 2 rings (SSSR count). The minimum Gasteiger partial charge on any atom is -0.395 e. The number of nitro groups is 1. The molecule has 0 aliphatic heterocycles. The number of anilines is 1. The largest absolute Gasteiger partial charge is 0.395 e. The lowest BCUT2D eigenvalue weighted by atomic mass is 10.1. The molecular formula is C14H17N3O3. The third-order valence-corrected chi connectivity index (χ3v) is 3.20. The van der Waals surface area contributed by atoms with E-state index in [0.717, 1.165) is 11.1 Å². The normalized spacial score (nSPS) is 11.0. The maximum atomic E-state index is 11.1. The molecule has 6 heteroatoms. The standard InChI is InChI=1S/C14H17N3O3/c1-10(2)16(8-9-18)12-5-6-13(17(19)20)14-11(12)4-3-7-15-14/h3-7,10,18H,8-9H2,1-2H3. The zero-order valence-electron chi connectivity index (χ0n) is 11.5. The van der Waals surface area contributed by atoms with Gasteiger partial charge >= 0.3 is 0 Å². The number of pyridine rings is 1. The molecule has 1 aromatic carbocycles. The smallest absolute Gasteiger partial charge is 0.295 e. The van der Waals surface area contributed by atoms with E-state index in [0.29, 0.717) is 12.1 Å². The Bertz CT molecular complexity index is 628. The van der Waals surface area contributed by atoms with Gasteiger partial charge in [0.15, 0.2) is 0 Å². The number of hydrogen-bond donors (Lipinski definition) is 1. The molecule has 20 heavy (non-hydrogen) atoms. The molecule has 0 fully saturated rings. The van der Waals surface area contributed by atoms with E-state index < -0.39 is 4.92 Å². The molecule has 0 bridgehead atoms. The van der Waals surface area contributed by atoms with Crippen LogP contribution < -0.4 is 4.90 Å². The van der Waals surface area contributed by atoms with E-state index in [1.165, 1.54) is 6.07 Å². The van der Waals surface area contributed by atoms with Crippen LogP contribution in [0.5, 0.6) is 0 Å². The number of benzene rings is 1. The molecule has 0 saturated heterocycles. The number of rotatable bonds is 5. The number of nitrogens with zero attached hydrogens (tertiary/aromatic N) is 3. The summed E-state index contributed by atoms with van der Waals surface area (Å²) in [5.74, 6) is 0. The number of aromatic nitrogens is 1. The molecule has 0 unspecified atom stereocenters. The first kappa shape index (κ1) is 14.2. The molecule has 0 saturated carbocycles. The van der Waals surface area contributed by atoms with Gasteiger partial charge < -0.3 is 10.0 Å². The molecule has 0 spiro atoms. The molecular weight excluding hydrogens is 258 g/mol. The van der Waals surface area contributed by atoms with Gasteiger partial charge in [0.2, 0.25) is 0 Å². The quantitative estimate of drug-likeness (QED) is 0.669. The molecule has 0 amide bonds. The molecule has 0 atom stereocenters. The van der Waals surface area contributed by atoms with E-state index in [1.807, 2.05) is 24.8 Å². The second-order valence-electron chi connectivity index (χ2n) is 4.77. The minimum atomic E-state index is -0.426. The fourth-order valence-corrected chi connectivity index (χ4v) is 2.31. The van der Waals surface area contributed by atoms with Gasteiger partial charge in [-0.05, 0) is 32.0 Å². The van der Waals surface area contributed by atoms with E-state index in [4.69, 9.17) is 0 Å². The molecule has 106 valence electrons. The van der Waals surface area contributed by atoms with Crippen LogP contribution >= 0.6 is 0 Å². The number of non-ortho nitro benzene ring substituents is 1. The Labute approximate surface area is 116 Å². The van der Waals surface area contributed by atoms with Crippen LogP contribution in [-0.2, 0) is 0 Å². The van der Waals surface area contributed by atoms with E-state index >= 15 is 0 Å². The van der Waals surface area contributed by atoms with Crippen LogP contribution in [0.4, 0.5) is 11.4 Å². The number of aliphatic hydroxyl groups is 1. The van der Waals surface area contributed by atoms with Crippen LogP contribution in [0.25, 0.3) is 10.9 Å². The van der Waals surface area contributed by atoms with Crippen molar-refractivity contribution in [1.82, 2.24) is 4.98 Å². The molecule has 0 radical (unpaired) electrons. The first-order valence-corrected chi connectivity index (χ1v) is 6.46. The Kier molecular flexibility index (Phi) is 4.14. The van der Waals surface area contributed by atoms with Crippen LogP contribution in [0.3, 0.4) is 0 Å². The van der Waals surface area contributed by atoms with E-state index in [-0.39, 0.29) is 18.3 Å². The Morgan fingerprint density at radius 3 is 2.75 bits per heavy atom. The van der Waals surface area contributed by atoms with Crippen molar-refractivity contribution in [2.75, 3.05) is 18.1 Å². The first-order valence-electron chi connectivity index (χ1n) is 6.46. The van der Waals surface area contributed by atoms with Crippen LogP contribution in [0.1, 0.15) is 13.8 Å². The van der Waals surface area contributed by atoms with E-state index in [1.54, 1.807) is 18.3 Å². The lowest BCUT2D eigenvalue weighted by Gasteiger charge is -2.29. The molecule has 2 aromatic rings. The van der Waals surface area contributed by atoms with E-state index in [9.17, 15) is 15.2 Å². The Morgan fingerprint density at radius 2 is 2.15 bits per heavy atom. The van der Waals surface area contributed by atoms with Crippen LogP contribution in [0, 0.1) is 10.1 Å². The zero-order chi connectivity index (χ0) is 14.7. The van der Waals surface area contributed by atoms with Gasteiger partial charge in [0.25, 0.3) is 5.69 Å². The zero-order valence-corrected chi connectivity index (χ0v) is 11.5. The van der Waals surface area contributed by atoms with Gasteiger partial charge in [-0.3, -0.25) is 10.1 Å². The van der Waals surface area contributed by atoms with Gasteiger partial charge in [-0.15, -0.1) is 0 Å². The predicted molar refractivity (Wildman–Crippen MR) is 78.0 cm³/mol. The van der Waals surface area contributed by atoms with Gasteiger partial charge in [0.1, 0.15) is 5.52 Å². The van der Waals surface area contributed by atoms with Crippen molar-refractivity contribution in [2.45, 2.75) is 19.9 Å².